The van der Waals surface area contributed by atoms with Crippen LogP contribution < -0.4 is 15.4 Å². The van der Waals surface area contributed by atoms with Gasteiger partial charge < -0.3 is 15.4 Å². The van der Waals surface area contributed by atoms with Crippen LogP contribution in [-0.2, 0) is 26.0 Å². The zero-order chi connectivity index (χ0) is 23.1. The number of methoxy groups -OCH3 is 1. The molecule has 1 heterocycles. The van der Waals surface area contributed by atoms with Crippen molar-refractivity contribution >= 4 is 33.4 Å². The number of hydrogen-bond acceptors (Lipinski definition) is 5. The van der Waals surface area contributed by atoms with Crippen LogP contribution in [0.15, 0.2) is 53.4 Å². The Morgan fingerprint density at radius 1 is 1.06 bits per heavy atom. The summed E-state index contributed by atoms with van der Waals surface area (Å²) in [6.45, 7) is 0.732. The maximum atomic E-state index is 13.0. The monoisotopic (exact) mass is 479 g/mol. The number of halogens is 1. The van der Waals surface area contributed by atoms with Crippen molar-refractivity contribution in [2.45, 2.75) is 30.2 Å². The second-order valence-electron chi connectivity index (χ2n) is 7.43. The van der Waals surface area contributed by atoms with E-state index in [-0.39, 0.29) is 11.4 Å². The lowest BCUT2D eigenvalue weighted by molar-refractivity contribution is -0.139. The Hall–Kier alpha value is -2.62. The molecule has 2 aromatic rings. The van der Waals surface area contributed by atoms with Gasteiger partial charge >= 0.3 is 11.8 Å². The van der Waals surface area contributed by atoms with E-state index in [1.165, 1.54) is 23.5 Å². The first-order valence-electron chi connectivity index (χ1n) is 10.3. The van der Waals surface area contributed by atoms with E-state index in [0.717, 1.165) is 5.56 Å². The molecule has 1 fully saturated rings. The molecule has 1 atom stereocenters. The van der Waals surface area contributed by atoms with Gasteiger partial charge in [-0.3, -0.25) is 9.59 Å². The third kappa shape index (κ3) is 5.99. The number of amides is 2. The number of carbonyl (C=O) groups is 2. The fourth-order valence-corrected chi connectivity index (χ4v) is 5.37. The van der Waals surface area contributed by atoms with Crippen LogP contribution in [-0.4, -0.2) is 57.3 Å². The molecule has 0 saturated carbocycles. The Labute approximate surface area is 192 Å². The number of ether oxygens (including phenoxy) is 1. The van der Waals surface area contributed by atoms with Crippen LogP contribution in [0.2, 0.25) is 5.02 Å². The molecule has 10 heteroatoms. The van der Waals surface area contributed by atoms with Gasteiger partial charge in [-0.05, 0) is 61.2 Å². The number of nitrogens with one attached hydrogen (secondary N) is 2. The normalized spacial score (nSPS) is 16.5. The molecule has 3 rings (SSSR count). The van der Waals surface area contributed by atoms with E-state index in [1.807, 2.05) is 12.1 Å². The fourth-order valence-electron chi connectivity index (χ4n) is 3.56. The molecule has 1 aliphatic rings. The molecule has 32 heavy (non-hydrogen) atoms. The van der Waals surface area contributed by atoms with Crippen molar-refractivity contribution in [3.63, 3.8) is 0 Å². The van der Waals surface area contributed by atoms with Crippen LogP contribution in [0.5, 0.6) is 5.75 Å². The number of hydrogen-bond donors (Lipinski definition) is 2. The quantitative estimate of drug-likeness (QED) is 0.563. The minimum atomic E-state index is -3.71. The highest BCUT2D eigenvalue weighted by Crippen LogP contribution is 2.26. The topological polar surface area (TPSA) is 105 Å². The van der Waals surface area contributed by atoms with Crippen molar-refractivity contribution in [3.8, 4) is 5.75 Å². The van der Waals surface area contributed by atoms with Gasteiger partial charge in [0.15, 0.2) is 0 Å². The number of benzene rings is 2. The summed E-state index contributed by atoms with van der Waals surface area (Å²) >= 11 is 5.84. The predicted molar refractivity (Wildman–Crippen MR) is 121 cm³/mol. The summed E-state index contributed by atoms with van der Waals surface area (Å²) in [4.78, 5) is 24.4. The van der Waals surface area contributed by atoms with E-state index < -0.39 is 27.9 Å². The minimum Gasteiger partial charge on any atom is -0.497 e. The molecule has 2 N–H and O–H groups in total. The second kappa shape index (κ2) is 10.8. The van der Waals surface area contributed by atoms with E-state index in [2.05, 4.69) is 10.6 Å². The summed E-state index contributed by atoms with van der Waals surface area (Å²) < 4.78 is 32.5. The summed E-state index contributed by atoms with van der Waals surface area (Å²) in [7, 11) is -2.20. The molecule has 0 bridgehead atoms. The number of nitrogens with zero attached hydrogens (tertiary/aromatic N) is 1. The van der Waals surface area contributed by atoms with Gasteiger partial charge in [0.25, 0.3) is 0 Å². The molecule has 2 amide bonds. The average molecular weight is 480 g/mol. The third-order valence-electron chi connectivity index (χ3n) is 5.31. The van der Waals surface area contributed by atoms with Gasteiger partial charge in [0, 0.05) is 30.7 Å². The molecule has 0 radical (unpaired) electrons. The molecule has 2 aromatic carbocycles. The van der Waals surface area contributed by atoms with Crippen molar-refractivity contribution < 1.29 is 22.7 Å². The Kier molecular flexibility index (Phi) is 8.11. The minimum absolute atomic E-state index is 0.0683. The molecular formula is C22H26ClN3O5S. The lowest BCUT2D eigenvalue weighted by Crippen LogP contribution is -2.47. The lowest BCUT2D eigenvalue weighted by atomic mass is 10.1. The van der Waals surface area contributed by atoms with Crippen molar-refractivity contribution in [1.29, 1.82) is 0 Å². The first kappa shape index (κ1) is 24.0. The highest BCUT2D eigenvalue weighted by molar-refractivity contribution is 7.89. The van der Waals surface area contributed by atoms with Gasteiger partial charge in [0.05, 0.1) is 12.0 Å². The van der Waals surface area contributed by atoms with E-state index >= 15 is 0 Å². The molecule has 0 spiro atoms. The third-order valence-corrected chi connectivity index (χ3v) is 7.52. The highest BCUT2D eigenvalue weighted by Gasteiger charge is 2.35. The van der Waals surface area contributed by atoms with Crippen LogP contribution in [0, 0.1) is 0 Å². The highest BCUT2D eigenvalue weighted by atomic mass is 35.5. The zero-order valence-electron chi connectivity index (χ0n) is 17.7. The van der Waals surface area contributed by atoms with Crippen LogP contribution in [0.1, 0.15) is 18.4 Å². The Balaban J connectivity index is 1.50. The second-order valence-corrected chi connectivity index (χ2v) is 9.76. The van der Waals surface area contributed by atoms with E-state index in [9.17, 15) is 18.0 Å². The number of sulfonamides is 1. The molecule has 0 aliphatic carbocycles. The van der Waals surface area contributed by atoms with Crippen molar-refractivity contribution in [1.82, 2.24) is 14.9 Å². The van der Waals surface area contributed by atoms with Gasteiger partial charge in [-0.1, -0.05) is 23.7 Å². The van der Waals surface area contributed by atoms with Crippen molar-refractivity contribution in [2.75, 3.05) is 26.7 Å². The van der Waals surface area contributed by atoms with Gasteiger partial charge in [-0.15, -0.1) is 0 Å². The summed E-state index contributed by atoms with van der Waals surface area (Å²) in [5.41, 5.74) is 0.987. The van der Waals surface area contributed by atoms with Gasteiger partial charge in [0.1, 0.15) is 5.75 Å². The average Bonchev–Trinajstić information content (AvgIpc) is 3.28. The van der Waals surface area contributed by atoms with Crippen molar-refractivity contribution in [2.24, 2.45) is 0 Å². The first-order chi connectivity index (χ1) is 15.3. The predicted octanol–water partition coefficient (Wildman–Crippen LogP) is 1.98. The zero-order valence-corrected chi connectivity index (χ0v) is 19.3. The molecule has 172 valence electrons. The fraction of sp³-hybridized carbons (Fsp3) is 0.364. The maximum absolute atomic E-state index is 13.0. The Morgan fingerprint density at radius 2 is 1.72 bits per heavy atom. The van der Waals surface area contributed by atoms with E-state index in [0.29, 0.717) is 43.1 Å². The first-order valence-corrected chi connectivity index (χ1v) is 12.1. The Bertz CT molecular complexity index is 1040. The lowest BCUT2D eigenvalue weighted by Gasteiger charge is -2.24. The molecule has 0 unspecified atom stereocenters. The van der Waals surface area contributed by atoms with Gasteiger partial charge in [0.2, 0.25) is 10.0 Å². The van der Waals surface area contributed by atoms with Crippen LogP contribution in [0.4, 0.5) is 0 Å². The standard InChI is InChI=1S/C22H26ClN3O5S/c1-31-19-8-10-20(11-9-19)32(29,30)26-14-2-3-18(26)15-25-22(28)21(27)24-13-12-16-4-6-17(23)7-5-16/h4-11,18H,2-3,12-15H2,1H3,(H,24,27)(H,25,28)/t18-/m1/s1. The largest absolute Gasteiger partial charge is 0.497 e. The molecule has 0 aromatic heterocycles. The summed E-state index contributed by atoms with van der Waals surface area (Å²) in [6, 6.07) is 13.0. The molecule has 1 saturated heterocycles. The SMILES string of the molecule is COc1ccc(S(=O)(=O)N2CCC[C@@H]2CNC(=O)C(=O)NCCc2ccc(Cl)cc2)cc1. The van der Waals surface area contributed by atoms with Crippen LogP contribution in [0.3, 0.4) is 0 Å². The number of rotatable bonds is 8. The van der Waals surface area contributed by atoms with E-state index in [1.54, 1.807) is 24.3 Å². The molecular weight excluding hydrogens is 454 g/mol. The summed E-state index contributed by atoms with van der Waals surface area (Å²) in [5.74, 6) is -0.965. The summed E-state index contributed by atoms with van der Waals surface area (Å²) in [6.07, 6.45) is 1.85. The van der Waals surface area contributed by atoms with Crippen LogP contribution >= 0.6 is 11.6 Å². The number of carbonyl (C=O) groups excluding carboxylic acids is 2. The Morgan fingerprint density at radius 3 is 2.38 bits per heavy atom. The maximum Gasteiger partial charge on any atom is 0.309 e. The smallest absolute Gasteiger partial charge is 0.309 e. The van der Waals surface area contributed by atoms with Crippen LogP contribution in [0.25, 0.3) is 0 Å². The molecule has 8 nitrogen and oxygen atoms in total. The van der Waals surface area contributed by atoms with E-state index in [4.69, 9.17) is 16.3 Å². The molecule has 1 aliphatic heterocycles. The van der Waals surface area contributed by atoms with Crippen molar-refractivity contribution in [3.05, 3.63) is 59.1 Å². The van der Waals surface area contributed by atoms with Gasteiger partial charge in [-0.2, -0.15) is 4.31 Å². The van der Waals surface area contributed by atoms with Gasteiger partial charge in [-0.25, -0.2) is 8.42 Å². The summed E-state index contributed by atoms with van der Waals surface area (Å²) in [5, 5.41) is 5.76.